The summed E-state index contributed by atoms with van der Waals surface area (Å²) in [5, 5.41) is 0. The average molecular weight is 529 g/mol. The predicted molar refractivity (Wildman–Crippen MR) is 163 cm³/mol. The molecule has 6 atom stereocenters. The molecule has 0 aromatic rings. The summed E-state index contributed by atoms with van der Waals surface area (Å²) >= 11 is 0. The standard InChI is InChI=1S/C36H64O2/c1-7-8-9-10-11-12-21-34(37)38-32-22-25-35(5)23-16-24-36(6)31(18-14-13-17-28(2)3)26-29(4)33(36)20-15-19-30(35)27-32/h19,28-29,31-33H,7-18,20-27H2,1-6H3/b30-19-/t29-,31-,32-,33?,35-,36+/m0/s1. The van der Waals surface area contributed by atoms with Gasteiger partial charge in [-0.3, -0.25) is 4.79 Å². The number of hydrogen-bond donors (Lipinski definition) is 0. The van der Waals surface area contributed by atoms with Crippen molar-refractivity contribution in [2.24, 2.45) is 34.5 Å². The second-order valence-electron chi connectivity index (χ2n) is 14.8. The van der Waals surface area contributed by atoms with Crippen LogP contribution in [-0.4, -0.2) is 12.1 Å². The molecule has 2 heteroatoms. The number of allylic oxidation sites excluding steroid dienone is 1. The van der Waals surface area contributed by atoms with E-state index in [9.17, 15) is 4.79 Å². The van der Waals surface area contributed by atoms with Crippen LogP contribution in [0.1, 0.15) is 170 Å². The lowest BCUT2D eigenvalue weighted by atomic mass is 9.62. The van der Waals surface area contributed by atoms with Crippen molar-refractivity contribution >= 4 is 5.97 Å². The molecule has 3 rings (SSSR count). The van der Waals surface area contributed by atoms with E-state index in [2.05, 4.69) is 47.6 Å². The maximum atomic E-state index is 12.6. The fraction of sp³-hybridized carbons (Fsp3) is 0.917. The summed E-state index contributed by atoms with van der Waals surface area (Å²) in [5.74, 6) is 3.54. The Hall–Kier alpha value is -0.790. The molecule has 3 aliphatic rings. The lowest BCUT2D eigenvalue weighted by Crippen LogP contribution is -2.35. The summed E-state index contributed by atoms with van der Waals surface area (Å²) in [6.07, 6.45) is 27.6. The predicted octanol–water partition coefficient (Wildman–Crippen LogP) is 11.2. The van der Waals surface area contributed by atoms with Gasteiger partial charge in [0.1, 0.15) is 6.10 Å². The van der Waals surface area contributed by atoms with Crippen LogP contribution in [0.5, 0.6) is 0 Å². The van der Waals surface area contributed by atoms with Gasteiger partial charge in [-0.25, -0.2) is 0 Å². The van der Waals surface area contributed by atoms with Crippen molar-refractivity contribution in [3.05, 3.63) is 11.6 Å². The molecule has 3 aliphatic carbocycles. The van der Waals surface area contributed by atoms with E-state index in [1.807, 2.05) is 0 Å². The molecule has 0 bridgehead atoms. The fourth-order valence-corrected chi connectivity index (χ4v) is 8.77. The zero-order valence-electron chi connectivity index (χ0n) is 26.4. The summed E-state index contributed by atoms with van der Waals surface area (Å²) in [6, 6.07) is 0. The fourth-order valence-electron chi connectivity index (χ4n) is 8.77. The molecule has 220 valence electrons. The molecular formula is C36H64O2. The molecule has 0 aromatic heterocycles. The van der Waals surface area contributed by atoms with E-state index < -0.39 is 0 Å². The van der Waals surface area contributed by atoms with Crippen molar-refractivity contribution in [3.63, 3.8) is 0 Å². The zero-order chi connectivity index (χ0) is 27.6. The van der Waals surface area contributed by atoms with Crippen molar-refractivity contribution in [1.29, 1.82) is 0 Å². The third kappa shape index (κ3) is 8.86. The van der Waals surface area contributed by atoms with Gasteiger partial charge in [0.05, 0.1) is 0 Å². The summed E-state index contributed by atoms with van der Waals surface area (Å²) in [4.78, 5) is 12.6. The minimum absolute atomic E-state index is 0.0459. The van der Waals surface area contributed by atoms with Gasteiger partial charge in [-0.2, -0.15) is 0 Å². The van der Waals surface area contributed by atoms with E-state index in [1.165, 1.54) is 103 Å². The number of ether oxygens (including phenoxy) is 1. The number of esters is 1. The van der Waals surface area contributed by atoms with Gasteiger partial charge in [-0.15, -0.1) is 0 Å². The largest absolute Gasteiger partial charge is 0.462 e. The van der Waals surface area contributed by atoms with Gasteiger partial charge < -0.3 is 4.74 Å². The number of carbonyl (C=O) groups excluding carboxylic acids is 1. The van der Waals surface area contributed by atoms with Crippen LogP contribution < -0.4 is 0 Å². The number of carbonyl (C=O) groups is 1. The first-order chi connectivity index (χ1) is 18.2. The molecule has 2 saturated carbocycles. The topological polar surface area (TPSA) is 26.3 Å². The Labute approximate surface area is 237 Å². The van der Waals surface area contributed by atoms with E-state index >= 15 is 0 Å². The highest BCUT2D eigenvalue weighted by atomic mass is 16.5. The van der Waals surface area contributed by atoms with E-state index in [0.29, 0.717) is 17.3 Å². The lowest BCUT2D eigenvalue weighted by molar-refractivity contribution is -0.150. The van der Waals surface area contributed by atoms with Crippen molar-refractivity contribution in [2.75, 3.05) is 0 Å². The molecule has 0 heterocycles. The molecule has 38 heavy (non-hydrogen) atoms. The van der Waals surface area contributed by atoms with Crippen LogP contribution in [0.4, 0.5) is 0 Å². The Balaban J connectivity index is 1.54. The second-order valence-corrected chi connectivity index (χ2v) is 14.8. The van der Waals surface area contributed by atoms with Gasteiger partial charge in [0.25, 0.3) is 0 Å². The van der Waals surface area contributed by atoms with Crippen molar-refractivity contribution in [2.45, 2.75) is 176 Å². The van der Waals surface area contributed by atoms with Gasteiger partial charge in [-0.05, 0) is 92.3 Å². The highest BCUT2D eigenvalue weighted by molar-refractivity contribution is 5.69. The molecule has 0 aromatic carbocycles. The SMILES string of the molecule is CCCCCCCCC(=O)O[C@H]1CC[C@]2(C)CCC[C@@]3(C)C(CC/C=C\2C1)[C@@H](C)C[C@@H]3CCCCC(C)C. The second kappa shape index (κ2) is 15.3. The molecule has 0 aliphatic heterocycles. The number of fused-ring (bicyclic) bond motifs is 2. The summed E-state index contributed by atoms with van der Waals surface area (Å²) in [6.45, 7) is 14.7. The van der Waals surface area contributed by atoms with Crippen molar-refractivity contribution in [1.82, 2.24) is 0 Å². The normalized spacial score (nSPS) is 35.3. The van der Waals surface area contributed by atoms with Crippen LogP contribution in [0, 0.1) is 34.5 Å². The average Bonchev–Trinajstić information content (AvgIpc) is 3.10. The third-order valence-electron chi connectivity index (χ3n) is 11.3. The molecule has 1 unspecified atom stereocenters. The Bertz CT molecular complexity index is 738. The third-order valence-corrected chi connectivity index (χ3v) is 11.3. The Morgan fingerprint density at radius 1 is 1.00 bits per heavy atom. The Kier molecular flexibility index (Phi) is 12.8. The van der Waals surface area contributed by atoms with Crippen LogP contribution >= 0.6 is 0 Å². The molecule has 0 saturated heterocycles. The molecule has 0 radical (unpaired) electrons. The monoisotopic (exact) mass is 528 g/mol. The van der Waals surface area contributed by atoms with Crippen LogP contribution in [0.15, 0.2) is 11.6 Å². The van der Waals surface area contributed by atoms with Crippen molar-refractivity contribution in [3.8, 4) is 0 Å². The first-order valence-electron chi connectivity index (χ1n) is 17.1. The van der Waals surface area contributed by atoms with E-state index in [4.69, 9.17) is 4.74 Å². The summed E-state index contributed by atoms with van der Waals surface area (Å²) in [7, 11) is 0. The molecule has 2 nitrogen and oxygen atoms in total. The molecule has 0 N–H and O–H groups in total. The highest BCUT2D eigenvalue weighted by Crippen LogP contribution is 2.58. The molecular weight excluding hydrogens is 464 g/mol. The first kappa shape index (κ1) is 31.7. The summed E-state index contributed by atoms with van der Waals surface area (Å²) in [5.41, 5.74) is 2.45. The lowest BCUT2D eigenvalue weighted by Gasteiger charge is -2.44. The van der Waals surface area contributed by atoms with E-state index in [0.717, 1.165) is 42.9 Å². The number of rotatable bonds is 13. The van der Waals surface area contributed by atoms with Crippen LogP contribution in [-0.2, 0) is 9.53 Å². The van der Waals surface area contributed by atoms with Crippen LogP contribution in [0.2, 0.25) is 0 Å². The van der Waals surface area contributed by atoms with E-state index in [-0.39, 0.29) is 12.1 Å². The summed E-state index contributed by atoms with van der Waals surface area (Å²) < 4.78 is 6.04. The van der Waals surface area contributed by atoms with Gasteiger partial charge >= 0.3 is 5.97 Å². The number of hydrogen-bond acceptors (Lipinski definition) is 2. The van der Waals surface area contributed by atoms with Crippen molar-refractivity contribution < 1.29 is 9.53 Å². The molecule has 0 spiro atoms. The molecule has 2 fully saturated rings. The maximum Gasteiger partial charge on any atom is 0.306 e. The smallest absolute Gasteiger partial charge is 0.306 e. The highest BCUT2D eigenvalue weighted by Gasteiger charge is 2.49. The van der Waals surface area contributed by atoms with E-state index in [1.54, 1.807) is 5.57 Å². The quantitative estimate of drug-likeness (QED) is 0.135. The molecule has 0 amide bonds. The number of unbranched alkanes of at least 4 members (excludes halogenated alkanes) is 6. The van der Waals surface area contributed by atoms with Gasteiger partial charge in [0.2, 0.25) is 0 Å². The van der Waals surface area contributed by atoms with Crippen LogP contribution in [0.3, 0.4) is 0 Å². The minimum Gasteiger partial charge on any atom is -0.462 e. The van der Waals surface area contributed by atoms with Gasteiger partial charge in [-0.1, -0.05) is 111 Å². The Morgan fingerprint density at radius 3 is 2.53 bits per heavy atom. The zero-order valence-corrected chi connectivity index (χ0v) is 26.4. The van der Waals surface area contributed by atoms with Gasteiger partial charge in [0.15, 0.2) is 0 Å². The van der Waals surface area contributed by atoms with Gasteiger partial charge in [0, 0.05) is 12.8 Å². The first-order valence-corrected chi connectivity index (χ1v) is 17.1. The maximum absolute atomic E-state index is 12.6. The minimum atomic E-state index is 0.0459. The Morgan fingerprint density at radius 2 is 1.76 bits per heavy atom. The van der Waals surface area contributed by atoms with Crippen LogP contribution in [0.25, 0.3) is 0 Å².